The quantitative estimate of drug-likeness (QED) is 0.479. The summed E-state index contributed by atoms with van der Waals surface area (Å²) in [6, 6.07) is 12.3. The van der Waals surface area contributed by atoms with Gasteiger partial charge < -0.3 is 0 Å². The smallest absolute Gasteiger partial charge is 0.198 e. The number of hydrogen-bond donors (Lipinski definition) is 0. The van der Waals surface area contributed by atoms with E-state index in [0.717, 1.165) is 23.9 Å². The van der Waals surface area contributed by atoms with E-state index >= 15 is 0 Å². The summed E-state index contributed by atoms with van der Waals surface area (Å²) in [5.41, 5.74) is 9.37. The molecule has 4 rings (SSSR count). The summed E-state index contributed by atoms with van der Waals surface area (Å²) in [6.07, 6.45) is 5.97. The third-order valence-electron chi connectivity index (χ3n) is 6.60. The molecule has 0 amide bonds. The fourth-order valence-corrected chi connectivity index (χ4v) is 4.84. The highest BCUT2D eigenvalue weighted by molar-refractivity contribution is 5.94. The van der Waals surface area contributed by atoms with E-state index in [9.17, 15) is 0 Å². The molecule has 1 aromatic heterocycles. The third kappa shape index (κ3) is 3.08. The number of aryl methyl sites for hydroxylation is 3. The Balaban J connectivity index is 2.01. The number of hydrogen-bond acceptors (Lipinski definition) is 0. The van der Waals surface area contributed by atoms with Crippen LogP contribution in [0.3, 0.4) is 0 Å². The van der Waals surface area contributed by atoms with Crippen LogP contribution in [0.2, 0.25) is 0 Å². The molecular formula is C26H32N+. The third-order valence-corrected chi connectivity index (χ3v) is 6.60. The van der Waals surface area contributed by atoms with Crippen LogP contribution in [0.25, 0.3) is 22.0 Å². The maximum Gasteiger partial charge on any atom is 0.220 e. The van der Waals surface area contributed by atoms with Gasteiger partial charge in [0.05, 0.1) is 12.3 Å². The van der Waals surface area contributed by atoms with E-state index in [4.69, 9.17) is 1.37 Å². The minimum absolute atomic E-state index is 0.572. The SMILES string of the molecule is [2H]c1c(C)[n+](C)c(-c2cc3c(cc2C)CCC3)c2ccc(C(CC)CC)cc12. The Morgan fingerprint density at radius 3 is 2.44 bits per heavy atom. The maximum atomic E-state index is 8.80. The van der Waals surface area contributed by atoms with Gasteiger partial charge in [0.25, 0.3) is 0 Å². The largest absolute Gasteiger partial charge is 0.220 e. The Labute approximate surface area is 165 Å². The van der Waals surface area contributed by atoms with E-state index in [2.05, 4.69) is 69.6 Å². The minimum atomic E-state index is 0.572. The molecule has 1 aliphatic rings. The standard InChI is InChI=1S/C26H32N/c1-6-19(7-2)22-11-12-24-23(15-22)14-18(4)27(5)26(24)25-16-21-10-8-9-20(21)13-17(25)3/h11-16,19H,6-10H2,1-5H3/q+1/i14D. The molecule has 1 heterocycles. The van der Waals surface area contributed by atoms with Crippen LogP contribution in [0.4, 0.5) is 0 Å². The lowest BCUT2D eigenvalue weighted by atomic mass is 9.90. The van der Waals surface area contributed by atoms with Gasteiger partial charge in [0.1, 0.15) is 7.05 Å². The van der Waals surface area contributed by atoms with Gasteiger partial charge >= 0.3 is 0 Å². The molecule has 0 unspecified atom stereocenters. The van der Waals surface area contributed by atoms with E-state index in [0.29, 0.717) is 12.0 Å². The molecule has 140 valence electrons. The molecule has 1 aliphatic carbocycles. The van der Waals surface area contributed by atoms with Crippen molar-refractivity contribution in [3.8, 4) is 11.3 Å². The lowest BCUT2D eigenvalue weighted by molar-refractivity contribution is -0.665. The number of benzene rings is 2. The fraction of sp³-hybridized carbons (Fsp3) is 0.423. The Hall–Kier alpha value is -2.15. The number of aromatic nitrogens is 1. The molecule has 0 bridgehead atoms. The van der Waals surface area contributed by atoms with Crippen LogP contribution in [0.15, 0.2) is 36.4 Å². The molecule has 0 N–H and O–H groups in total. The monoisotopic (exact) mass is 359 g/mol. The van der Waals surface area contributed by atoms with Crippen LogP contribution < -0.4 is 4.57 Å². The summed E-state index contributed by atoms with van der Waals surface area (Å²) in [6.45, 7) is 8.84. The van der Waals surface area contributed by atoms with Crippen molar-refractivity contribution < 1.29 is 5.94 Å². The number of pyridine rings is 1. The van der Waals surface area contributed by atoms with Gasteiger partial charge in [0.2, 0.25) is 5.69 Å². The molecule has 0 saturated carbocycles. The lowest BCUT2D eigenvalue weighted by Crippen LogP contribution is -2.35. The van der Waals surface area contributed by atoms with E-state index in [1.807, 2.05) is 0 Å². The molecule has 2 aromatic carbocycles. The summed E-state index contributed by atoms with van der Waals surface area (Å²) in [5, 5.41) is 2.30. The predicted octanol–water partition coefficient (Wildman–Crippen LogP) is 6.34. The molecule has 0 saturated heterocycles. The van der Waals surface area contributed by atoms with Gasteiger partial charge in [-0.25, -0.2) is 0 Å². The van der Waals surface area contributed by atoms with Gasteiger partial charge in [-0.2, -0.15) is 4.57 Å². The van der Waals surface area contributed by atoms with Gasteiger partial charge in [0.15, 0.2) is 5.69 Å². The van der Waals surface area contributed by atoms with Crippen LogP contribution in [0.1, 0.15) is 68.3 Å². The minimum Gasteiger partial charge on any atom is -0.198 e. The summed E-state index contributed by atoms with van der Waals surface area (Å²) in [4.78, 5) is 0. The molecule has 27 heavy (non-hydrogen) atoms. The van der Waals surface area contributed by atoms with Crippen molar-refractivity contribution in [2.24, 2.45) is 7.05 Å². The van der Waals surface area contributed by atoms with Gasteiger partial charge in [-0.3, -0.25) is 0 Å². The maximum absolute atomic E-state index is 8.80. The average Bonchev–Trinajstić information content (AvgIpc) is 3.15. The highest BCUT2D eigenvalue weighted by atomic mass is 14.9. The second-order valence-corrected chi connectivity index (χ2v) is 8.23. The predicted molar refractivity (Wildman–Crippen MR) is 115 cm³/mol. The first-order valence-electron chi connectivity index (χ1n) is 11.0. The number of fused-ring (bicyclic) bond motifs is 2. The molecule has 1 heteroatoms. The van der Waals surface area contributed by atoms with Crippen molar-refractivity contribution in [2.45, 2.75) is 65.7 Å². The first-order chi connectivity index (χ1) is 13.5. The van der Waals surface area contributed by atoms with Gasteiger partial charge in [0, 0.05) is 13.0 Å². The zero-order chi connectivity index (χ0) is 20.0. The van der Waals surface area contributed by atoms with Crippen LogP contribution >= 0.6 is 0 Å². The number of rotatable bonds is 4. The molecule has 0 fully saturated rings. The van der Waals surface area contributed by atoms with Crippen LogP contribution in [-0.2, 0) is 19.9 Å². The molecule has 0 radical (unpaired) electrons. The van der Waals surface area contributed by atoms with E-state index in [1.54, 1.807) is 0 Å². The second-order valence-electron chi connectivity index (χ2n) is 8.23. The van der Waals surface area contributed by atoms with Crippen molar-refractivity contribution >= 4 is 10.8 Å². The first-order valence-corrected chi connectivity index (χ1v) is 10.5. The Bertz CT molecular complexity index is 1060. The van der Waals surface area contributed by atoms with E-state index in [-0.39, 0.29) is 0 Å². The van der Waals surface area contributed by atoms with Crippen LogP contribution in [0.5, 0.6) is 0 Å². The summed E-state index contributed by atoms with van der Waals surface area (Å²) >= 11 is 0. The number of nitrogens with zero attached hydrogens (tertiary/aromatic N) is 1. The van der Waals surface area contributed by atoms with Crippen molar-refractivity contribution in [1.29, 1.82) is 0 Å². The Morgan fingerprint density at radius 2 is 1.74 bits per heavy atom. The van der Waals surface area contributed by atoms with Crippen LogP contribution in [0, 0.1) is 13.8 Å². The van der Waals surface area contributed by atoms with Crippen LogP contribution in [-0.4, -0.2) is 0 Å². The summed E-state index contributed by atoms with van der Waals surface area (Å²) in [7, 11) is 2.11. The average molecular weight is 360 g/mol. The molecule has 0 spiro atoms. The molecular weight excluding hydrogens is 326 g/mol. The molecule has 3 aromatic rings. The lowest BCUT2D eigenvalue weighted by Gasteiger charge is -2.16. The normalized spacial score (nSPS) is 14.1. The van der Waals surface area contributed by atoms with Gasteiger partial charge in [-0.1, -0.05) is 32.0 Å². The highest BCUT2D eigenvalue weighted by Crippen LogP contribution is 2.35. The topological polar surface area (TPSA) is 3.88 Å². The molecule has 0 aliphatic heterocycles. The van der Waals surface area contributed by atoms with E-state index < -0.39 is 0 Å². The van der Waals surface area contributed by atoms with E-state index in [1.165, 1.54) is 58.2 Å². The second kappa shape index (κ2) is 7.11. The molecule has 1 nitrogen and oxygen atoms in total. The van der Waals surface area contributed by atoms with Crippen molar-refractivity contribution in [1.82, 2.24) is 0 Å². The van der Waals surface area contributed by atoms with Crippen molar-refractivity contribution in [3.05, 3.63) is 64.3 Å². The Morgan fingerprint density at radius 1 is 1.04 bits per heavy atom. The summed E-state index contributed by atoms with van der Waals surface area (Å²) in [5.74, 6) is 0.572. The first kappa shape index (κ1) is 17.0. The highest BCUT2D eigenvalue weighted by Gasteiger charge is 2.23. The zero-order valence-electron chi connectivity index (χ0n) is 18.4. The van der Waals surface area contributed by atoms with Gasteiger partial charge in [-0.05, 0) is 84.7 Å². The van der Waals surface area contributed by atoms with Crippen molar-refractivity contribution in [2.75, 3.05) is 0 Å². The van der Waals surface area contributed by atoms with Crippen molar-refractivity contribution in [3.63, 3.8) is 0 Å². The van der Waals surface area contributed by atoms with Gasteiger partial charge in [-0.15, -0.1) is 0 Å². The summed E-state index contributed by atoms with van der Waals surface area (Å²) < 4.78 is 11.0. The zero-order valence-corrected chi connectivity index (χ0v) is 17.4. The molecule has 0 atom stereocenters. The fourth-order valence-electron chi connectivity index (χ4n) is 4.84. The Kier molecular flexibility index (Phi) is 4.47.